The topological polar surface area (TPSA) is 69.6 Å². The zero-order valence-corrected chi connectivity index (χ0v) is 13.3. The predicted octanol–water partition coefficient (Wildman–Crippen LogP) is 1.16. The first-order valence-corrected chi connectivity index (χ1v) is 7.97. The number of β-amino-alcohol motifs (C(OH)–C–C–N with tert-alkyl or cyclic N) is 1. The summed E-state index contributed by atoms with van der Waals surface area (Å²) in [5.74, 6) is 2.26. The number of anilines is 1. The van der Waals surface area contributed by atoms with Crippen LogP contribution in [0.5, 0.6) is 0 Å². The highest BCUT2D eigenvalue weighted by molar-refractivity contribution is 5.76. The molecule has 1 aromatic rings. The second-order valence-corrected chi connectivity index (χ2v) is 6.76. The van der Waals surface area contributed by atoms with Crippen LogP contribution in [-0.2, 0) is 4.79 Å². The molecule has 1 aliphatic carbocycles. The molecule has 0 spiro atoms. The molecule has 1 unspecified atom stereocenters. The van der Waals surface area contributed by atoms with Crippen LogP contribution in [0.1, 0.15) is 43.8 Å². The number of hydrogen-bond donors (Lipinski definition) is 1. The average molecular weight is 304 g/mol. The first kappa shape index (κ1) is 15.2. The fraction of sp³-hybridized carbons (Fsp3) is 0.688. The molecule has 2 fully saturated rings. The first-order valence-electron chi connectivity index (χ1n) is 7.97. The van der Waals surface area contributed by atoms with Gasteiger partial charge in [0.25, 0.3) is 0 Å². The zero-order valence-electron chi connectivity index (χ0n) is 13.3. The Morgan fingerprint density at radius 3 is 2.95 bits per heavy atom. The maximum absolute atomic E-state index is 11.9. The van der Waals surface area contributed by atoms with Gasteiger partial charge >= 0.3 is 0 Å². The molecule has 3 rings (SSSR count). The van der Waals surface area contributed by atoms with Crippen LogP contribution < -0.4 is 4.90 Å². The summed E-state index contributed by atoms with van der Waals surface area (Å²) in [6, 6.07) is 1.89. The highest BCUT2D eigenvalue weighted by Gasteiger charge is 2.36. The highest BCUT2D eigenvalue weighted by Crippen LogP contribution is 2.38. The van der Waals surface area contributed by atoms with Crippen molar-refractivity contribution >= 4 is 11.7 Å². The lowest BCUT2D eigenvalue weighted by molar-refractivity contribution is -0.134. The van der Waals surface area contributed by atoms with Gasteiger partial charge in [0, 0.05) is 39.3 Å². The molecule has 0 aromatic carbocycles. The van der Waals surface area contributed by atoms with Gasteiger partial charge < -0.3 is 14.9 Å². The number of hydrogen-bond acceptors (Lipinski definition) is 5. The molecule has 1 atom stereocenters. The average Bonchev–Trinajstić information content (AvgIpc) is 3.31. The van der Waals surface area contributed by atoms with Crippen molar-refractivity contribution in [2.24, 2.45) is 0 Å². The second-order valence-electron chi connectivity index (χ2n) is 6.76. The normalized spacial score (nSPS) is 25.1. The van der Waals surface area contributed by atoms with Gasteiger partial charge in [-0.25, -0.2) is 9.97 Å². The van der Waals surface area contributed by atoms with Crippen LogP contribution in [0, 0.1) is 0 Å². The summed E-state index contributed by atoms with van der Waals surface area (Å²) in [6.45, 7) is 1.31. The van der Waals surface area contributed by atoms with Gasteiger partial charge in [-0.15, -0.1) is 0 Å². The summed E-state index contributed by atoms with van der Waals surface area (Å²) in [4.78, 5) is 24.5. The molecule has 1 saturated carbocycles. The molecular formula is C16H24N4O2. The molecule has 2 aliphatic rings. The van der Waals surface area contributed by atoms with E-state index in [0.717, 1.165) is 24.6 Å². The fourth-order valence-corrected chi connectivity index (χ4v) is 2.97. The van der Waals surface area contributed by atoms with Gasteiger partial charge in [0.2, 0.25) is 5.91 Å². The third kappa shape index (κ3) is 3.38. The molecule has 2 heterocycles. The minimum atomic E-state index is -0.968. The van der Waals surface area contributed by atoms with E-state index in [1.165, 1.54) is 17.7 Å². The van der Waals surface area contributed by atoms with Crippen LogP contribution in [0.25, 0.3) is 0 Å². The smallest absolute Gasteiger partial charge is 0.225 e. The monoisotopic (exact) mass is 304 g/mol. The molecule has 120 valence electrons. The lowest BCUT2D eigenvalue weighted by atomic mass is 9.89. The van der Waals surface area contributed by atoms with E-state index in [0.29, 0.717) is 18.9 Å². The van der Waals surface area contributed by atoms with Gasteiger partial charge in [0.15, 0.2) is 0 Å². The van der Waals surface area contributed by atoms with Crippen molar-refractivity contribution in [3.05, 3.63) is 18.1 Å². The van der Waals surface area contributed by atoms with E-state index < -0.39 is 5.60 Å². The van der Waals surface area contributed by atoms with Crippen LogP contribution in [0.3, 0.4) is 0 Å². The van der Waals surface area contributed by atoms with Crippen molar-refractivity contribution in [1.29, 1.82) is 0 Å². The quantitative estimate of drug-likeness (QED) is 0.904. The van der Waals surface area contributed by atoms with Crippen LogP contribution in [0.15, 0.2) is 12.3 Å². The molecule has 1 aromatic heterocycles. The minimum absolute atomic E-state index is 0.0364. The third-order valence-electron chi connectivity index (χ3n) is 4.46. The summed E-state index contributed by atoms with van der Waals surface area (Å²) < 4.78 is 0. The predicted molar refractivity (Wildman–Crippen MR) is 83.7 cm³/mol. The van der Waals surface area contributed by atoms with E-state index in [1.807, 2.05) is 6.07 Å². The standard InChI is InChI=1S/C16H24N4O2/c1-19(2)14(21)10-16(22)7-3-9-20(11-16)13-6-8-17-15(18-13)12-4-5-12/h6,8,12,22H,3-5,7,9-11H2,1-2H3. The number of aromatic nitrogens is 2. The Kier molecular flexibility index (Phi) is 4.04. The van der Waals surface area contributed by atoms with Gasteiger partial charge in [-0.3, -0.25) is 4.79 Å². The van der Waals surface area contributed by atoms with Crippen LogP contribution in [0.2, 0.25) is 0 Å². The van der Waals surface area contributed by atoms with Crippen LogP contribution in [0.4, 0.5) is 5.82 Å². The van der Waals surface area contributed by atoms with Crippen LogP contribution >= 0.6 is 0 Å². The Morgan fingerprint density at radius 1 is 1.50 bits per heavy atom. The maximum Gasteiger partial charge on any atom is 0.225 e. The van der Waals surface area contributed by atoms with Crippen molar-refractivity contribution in [2.45, 2.75) is 43.6 Å². The number of nitrogens with zero attached hydrogens (tertiary/aromatic N) is 4. The van der Waals surface area contributed by atoms with Crippen molar-refractivity contribution < 1.29 is 9.90 Å². The molecule has 1 aliphatic heterocycles. The van der Waals surface area contributed by atoms with Gasteiger partial charge in [-0.05, 0) is 31.7 Å². The fourth-order valence-electron chi connectivity index (χ4n) is 2.97. The van der Waals surface area contributed by atoms with E-state index in [1.54, 1.807) is 20.3 Å². The molecule has 22 heavy (non-hydrogen) atoms. The summed E-state index contributed by atoms with van der Waals surface area (Å²) >= 11 is 0. The van der Waals surface area contributed by atoms with Gasteiger partial charge in [-0.2, -0.15) is 0 Å². The second kappa shape index (κ2) is 5.83. The Morgan fingerprint density at radius 2 is 2.27 bits per heavy atom. The lowest BCUT2D eigenvalue weighted by Gasteiger charge is -2.40. The lowest BCUT2D eigenvalue weighted by Crippen LogP contribution is -2.50. The van der Waals surface area contributed by atoms with Gasteiger partial charge in [0.1, 0.15) is 11.6 Å². The van der Waals surface area contributed by atoms with E-state index in [2.05, 4.69) is 14.9 Å². The molecule has 6 nitrogen and oxygen atoms in total. The molecule has 1 N–H and O–H groups in total. The van der Waals surface area contributed by atoms with Crippen molar-refractivity contribution in [2.75, 3.05) is 32.1 Å². The minimum Gasteiger partial charge on any atom is -0.388 e. The number of piperidine rings is 1. The van der Waals surface area contributed by atoms with E-state index in [4.69, 9.17) is 0 Å². The number of amides is 1. The summed E-state index contributed by atoms with van der Waals surface area (Å²) in [5.41, 5.74) is -0.968. The van der Waals surface area contributed by atoms with Crippen molar-refractivity contribution in [3.63, 3.8) is 0 Å². The molecule has 1 saturated heterocycles. The van der Waals surface area contributed by atoms with Crippen molar-refractivity contribution in [1.82, 2.24) is 14.9 Å². The van der Waals surface area contributed by atoms with Gasteiger partial charge in [0.05, 0.1) is 12.0 Å². The summed E-state index contributed by atoms with van der Waals surface area (Å²) in [6.07, 6.45) is 5.82. The van der Waals surface area contributed by atoms with Crippen molar-refractivity contribution in [3.8, 4) is 0 Å². The molecule has 0 bridgehead atoms. The number of carbonyl (C=O) groups is 1. The molecular weight excluding hydrogens is 280 g/mol. The number of carbonyl (C=O) groups excluding carboxylic acids is 1. The van der Waals surface area contributed by atoms with E-state index >= 15 is 0 Å². The first-order chi connectivity index (χ1) is 10.5. The third-order valence-corrected chi connectivity index (χ3v) is 4.46. The molecule has 6 heteroatoms. The van der Waals surface area contributed by atoms with E-state index in [-0.39, 0.29) is 12.3 Å². The molecule has 0 radical (unpaired) electrons. The highest BCUT2D eigenvalue weighted by atomic mass is 16.3. The largest absolute Gasteiger partial charge is 0.388 e. The summed E-state index contributed by atoms with van der Waals surface area (Å²) in [7, 11) is 3.44. The SMILES string of the molecule is CN(C)C(=O)CC1(O)CCCN(c2ccnc(C3CC3)n2)C1. The Hall–Kier alpha value is -1.69. The Labute approximate surface area is 131 Å². The number of aliphatic hydroxyl groups is 1. The maximum atomic E-state index is 11.9. The van der Waals surface area contributed by atoms with E-state index in [9.17, 15) is 9.90 Å². The Balaban J connectivity index is 1.72. The number of rotatable bonds is 4. The molecule has 1 amide bonds. The summed E-state index contributed by atoms with van der Waals surface area (Å²) in [5, 5.41) is 10.8. The van der Waals surface area contributed by atoms with Gasteiger partial charge in [-0.1, -0.05) is 0 Å². The Bertz CT molecular complexity index is 559. The zero-order chi connectivity index (χ0) is 15.7. The van der Waals surface area contributed by atoms with Crippen LogP contribution in [-0.4, -0.2) is 58.7 Å².